The molecule has 10 nitrogen and oxygen atoms in total. The lowest BCUT2D eigenvalue weighted by Crippen LogP contribution is -2.42. The van der Waals surface area contributed by atoms with Gasteiger partial charge in [0.2, 0.25) is 5.75 Å². The van der Waals surface area contributed by atoms with Gasteiger partial charge in [0.05, 0.1) is 18.1 Å². The van der Waals surface area contributed by atoms with Crippen molar-refractivity contribution in [2.45, 2.75) is 37.9 Å². The summed E-state index contributed by atoms with van der Waals surface area (Å²) in [5.74, 6) is -0.696. The molecule has 1 aromatic carbocycles. The number of carbonyl (C=O) groups excluding carboxylic acids is 1. The summed E-state index contributed by atoms with van der Waals surface area (Å²) in [6.07, 6.45) is -1.36. The van der Waals surface area contributed by atoms with Crippen molar-refractivity contribution in [1.82, 2.24) is 9.55 Å². The highest BCUT2D eigenvalue weighted by atomic mass is 35.5. The number of hydrogen-bond acceptors (Lipinski definition) is 8. The van der Waals surface area contributed by atoms with Crippen molar-refractivity contribution in [3.05, 3.63) is 61.9 Å². The summed E-state index contributed by atoms with van der Waals surface area (Å²) in [4.78, 5) is 37.8. The van der Waals surface area contributed by atoms with Crippen LogP contribution in [0, 0.1) is 6.92 Å². The molecular weight excluding hydrogens is 439 g/mol. The second-order valence-electron chi connectivity index (χ2n) is 6.66. The van der Waals surface area contributed by atoms with E-state index in [2.05, 4.69) is 4.98 Å². The van der Waals surface area contributed by atoms with Crippen LogP contribution >= 0.6 is 19.6 Å². The summed E-state index contributed by atoms with van der Waals surface area (Å²) in [6.45, 7) is 1.93. The van der Waals surface area contributed by atoms with Gasteiger partial charge in [0.15, 0.2) is 6.10 Å². The van der Waals surface area contributed by atoms with Crippen molar-refractivity contribution in [3.8, 4) is 5.75 Å². The molecule has 0 saturated carbocycles. The van der Waals surface area contributed by atoms with E-state index in [1.54, 1.807) is 12.1 Å². The summed E-state index contributed by atoms with van der Waals surface area (Å²) in [7, 11) is -2.83. The molecule has 0 aliphatic carbocycles. The molecule has 1 aliphatic heterocycles. The van der Waals surface area contributed by atoms with E-state index in [0.717, 1.165) is 11.5 Å². The van der Waals surface area contributed by atoms with Crippen LogP contribution in [0.3, 0.4) is 0 Å². The molecule has 30 heavy (non-hydrogen) atoms. The van der Waals surface area contributed by atoms with Gasteiger partial charge in [0.25, 0.3) is 5.56 Å². The van der Waals surface area contributed by atoms with E-state index in [1.165, 1.54) is 25.3 Å². The van der Waals surface area contributed by atoms with Gasteiger partial charge >= 0.3 is 25.0 Å². The molecule has 0 amide bonds. The summed E-state index contributed by atoms with van der Waals surface area (Å²) in [6, 6.07) is 6.27. The maximum Gasteiger partial charge on any atom is 0.608 e. The molecule has 3 rings (SSSR count). The van der Waals surface area contributed by atoms with Gasteiger partial charge in [0.1, 0.15) is 6.23 Å². The molecule has 0 radical (unpaired) electrons. The van der Waals surface area contributed by atoms with Crippen LogP contribution in [0.4, 0.5) is 0 Å². The smallest absolute Gasteiger partial charge is 0.408 e. The Morgan fingerprint density at radius 1 is 1.43 bits per heavy atom. The summed E-state index contributed by atoms with van der Waals surface area (Å²) < 4.78 is 30.8. The van der Waals surface area contributed by atoms with Gasteiger partial charge in [-0.2, -0.15) is 0 Å². The van der Waals surface area contributed by atoms with Gasteiger partial charge in [-0.1, -0.05) is 23.7 Å². The number of aromatic amines is 1. The number of carbonyl (C=O) groups is 1. The van der Waals surface area contributed by atoms with E-state index < -0.39 is 49.5 Å². The van der Waals surface area contributed by atoms with Crippen LogP contribution in [-0.4, -0.2) is 38.7 Å². The molecule has 2 heterocycles. The fourth-order valence-electron chi connectivity index (χ4n) is 3.15. The Balaban J connectivity index is 2.02. The molecule has 1 aliphatic rings. The van der Waals surface area contributed by atoms with E-state index in [9.17, 15) is 24.1 Å². The van der Waals surface area contributed by atoms with Crippen LogP contribution in [0.25, 0.3) is 0 Å². The number of esters is 1. The minimum absolute atomic E-state index is 0.0870. The van der Waals surface area contributed by atoms with Crippen LogP contribution in [0.5, 0.6) is 5.75 Å². The van der Waals surface area contributed by atoms with E-state index >= 15 is 0 Å². The molecule has 4 atom stereocenters. The zero-order valence-electron chi connectivity index (χ0n) is 16.0. The Morgan fingerprint density at radius 3 is 2.77 bits per heavy atom. The Morgan fingerprint density at radius 2 is 2.13 bits per heavy atom. The van der Waals surface area contributed by atoms with Crippen molar-refractivity contribution in [3.63, 3.8) is 0 Å². The first-order valence-corrected chi connectivity index (χ1v) is 10.4. The Hall–Kier alpha value is -2.52. The molecule has 12 heteroatoms. The number of nitrogens with zero attached hydrogens (tertiary/aromatic N) is 1. The highest BCUT2D eigenvalue weighted by Gasteiger charge is 2.68. The molecule has 1 saturated heterocycles. The van der Waals surface area contributed by atoms with Crippen molar-refractivity contribution in [1.29, 1.82) is 0 Å². The van der Waals surface area contributed by atoms with E-state index in [0.29, 0.717) is 0 Å². The Labute approximate surface area is 176 Å². The zero-order chi connectivity index (χ0) is 22.1. The molecule has 0 bridgehead atoms. The number of halogens is 1. The SMILES string of the molecule is CC(=O)O[C@@]1([P+](=O)Oc2ccccc2Cl)C[C@H](n2cc(C)c(=O)[nH]c2=O)O[C@@H]1CO. The van der Waals surface area contributed by atoms with Crippen molar-refractivity contribution in [2.75, 3.05) is 6.61 Å². The lowest BCUT2D eigenvalue weighted by molar-refractivity contribution is -0.155. The van der Waals surface area contributed by atoms with E-state index in [-0.39, 0.29) is 22.8 Å². The average molecular weight is 458 g/mol. The normalized spacial score (nSPS) is 23.8. The second-order valence-corrected chi connectivity index (χ2v) is 8.52. The van der Waals surface area contributed by atoms with Crippen LogP contribution in [0.1, 0.15) is 25.1 Å². The minimum Gasteiger partial charge on any atom is -0.408 e. The summed E-state index contributed by atoms with van der Waals surface area (Å²) >= 11 is 6.05. The van der Waals surface area contributed by atoms with Crippen LogP contribution in [-0.2, 0) is 18.8 Å². The Bertz CT molecular complexity index is 1100. The second kappa shape index (κ2) is 8.69. The highest BCUT2D eigenvalue weighted by Crippen LogP contribution is 2.55. The average Bonchev–Trinajstić information content (AvgIpc) is 3.05. The summed E-state index contributed by atoms with van der Waals surface area (Å²) in [5, 5.41) is 8.13. The number of rotatable bonds is 6. The van der Waals surface area contributed by atoms with Gasteiger partial charge < -0.3 is 14.6 Å². The minimum atomic E-state index is -2.83. The molecule has 0 spiro atoms. The first-order valence-electron chi connectivity index (χ1n) is 8.85. The van der Waals surface area contributed by atoms with Crippen LogP contribution in [0.2, 0.25) is 5.02 Å². The maximum atomic E-state index is 13.2. The quantitative estimate of drug-likeness (QED) is 0.495. The van der Waals surface area contributed by atoms with E-state index in [1.807, 2.05) is 0 Å². The molecule has 160 valence electrons. The number of nitrogens with one attached hydrogen (secondary N) is 1. The number of ether oxygens (including phenoxy) is 2. The fourth-order valence-corrected chi connectivity index (χ4v) is 4.75. The van der Waals surface area contributed by atoms with Crippen LogP contribution in [0.15, 0.2) is 40.1 Å². The third-order valence-electron chi connectivity index (χ3n) is 4.56. The number of benzene rings is 1. The number of aliphatic hydroxyl groups excluding tert-OH is 1. The number of aryl methyl sites for hydroxylation is 1. The number of hydrogen-bond donors (Lipinski definition) is 2. The third kappa shape index (κ3) is 4.17. The van der Waals surface area contributed by atoms with E-state index in [4.69, 9.17) is 25.6 Å². The molecule has 2 aromatic rings. The number of para-hydroxylation sites is 1. The first-order chi connectivity index (χ1) is 14.2. The molecule has 1 fully saturated rings. The van der Waals surface area contributed by atoms with Gasteiger partial charge in [-0.05, 0) is 23.6 Å². The predicted octanol–water partition coefficient (Wildman–Crippen LogP) is 1.86. The molecule has 1 unspecified atom stereocenters. The highest BCUT2D eigenvalue weighted by molar-refractivity contribution is 7.41. The largest absolute Gasteiger partial charge is 0.608 e. The third-order valence-corrected chi connectivity index (χ3v) is 6.42. The van der Waals surface area contributed by atoms with Gasteiger partial charge in [-0.3, -0.25) is 19.1 Å². The topological polar surface area (TPSA) is 137 Å². The molecule has 2 N–H and O–H groups in total. The van der Waals surface area contributed by atoms with Crippen molar-refractivity contribution >= 4 is 25.6 Å². The monoisotopic (exact) mass is 457 g/mol. The van der Waals surface area contributed by atoms with Gasteiger partial charge in [0, 0.05) is 18.7 Å². The predicted molar refractivity (Wildman–Crippen MR) is 106 cm³/mol. The lowest BCUT2D eigenvalue weighted by Gasteiger charge is -2.20. The van der Waals surface area contributed by atoms with Crippen molar-refractivity contribution < 1.29 is 28.5 Å². The zero-order valence-corrected chi connectivity index (χ0v) is 17.7. The standard InChI is InChI=1S/C18H18ClN2O8P/c1-10-8-21(17(25)20-16(10)24)15-7-18(28-11(2)23,14(9-22)27-15)30(26)29-13-6-4-3-5-12(13)19/h3-6,8,14-15,22H,7,9H2,1-2H3/p+1/t14-,15-,18-/m1/s1. The first kappa shape index (κ1) is 22.2. The Kier molecular flexibility index (Phi) is 6.42. The van der Waals surface area contributed by atoms with Gasteiger partial charge in [-0.15, -0.1) is 0 Å². The summed E-state index contributed by atoms with van der Waals surface area (Å²) in [5.41, 5.74) is -1.10. The number of aliphatic hydroxyl groups is 1. The van der Waals surface area contributed by atoms with Crippen molar-refractivity contribution in [2.24, 2.45) is 0 Å². The van der Waals surface area contributed by atoms with Gasteiger partial charge in [-0.25, -0.2) is 9.32 Å². The number of H-pyrrole nitrogens is 1. The fraction of sp³-hybridized carbons (Fsp3) is 0.389. The van der Waals surface area contributed by atoms with Crippen LogP contribution < -0.4 is 15.8 Å². The lowest BCUT2D eigenvalue weighted by atomic mass is 10.1. The molecular formula is C18H19ClN2O8P+. The molecule has 1 aromatic heterocycles. The number of aromatic nitrogens is 2. The maximum absolute atomic E-state index is 13.2.